The van der Waals surface area contributed by atoms with Crippen LogP contribution < -0.4 is 22.1 Å². The lowest BCUT2D eigenvalue weighted by atomic mass is 10.1. The number of hydrogen-bond donors (Lipinski definition) is 4. The van der Waals surface area contributed by atoms with Crippen LogP contribution in [0.5, 0.6) is 0 Å². The van der Waals surface area contributed by atoms with Crippen LogP contribution in [-0.2, 0) is 30.8 Å². The maximum atomic E-state index is 12.0. The number of anilines is 1. The summed E-state index contributed by atoms with van der Waals surface area (Å²) in [6, 6.07) is 15.4. The van der Waals surface area contributed by atoms with Gasteiger partial charge in [-0.1, -0.05) is 30.3 Å². The summed E-state index contributed by atoms with van der Waals surface area (Å²) in [5.74, 6) is -1.28. The molecule has 1 amide bonds. The van der Waals surface area contributed by atoms with Gasteiger partial charge in [-0.3, -0.25) is 9.59 Å². The van der Waals surface area contributed by atoms with Crippen molar-refractivity contribution in [3.05, 3.63) is 60.2 Å². The van der Waals surface area contributed by atoms with E-state index in [2.05, 4.69) is 15.0 Å². The molecule has 0 aliphatic carbocycles. The number of amides is 1. The van der Waals surface area contributed by atoms with Gasteiger partial charge in [0.05, 0.1) is 11.5 Å². The van der Waals surface area contributed by atoms with Crippen LogP contribution in [0.1, 0.15) is 31.2 Å². The molecule has 10 nitrogen and oxygen atoms in total. The molecule has 0 fully saturated rings. The molecule has 0 spiro atoms. The number of benzene rings is 2. The number of guanidine groups is 1. The van der Waals surface area contributed by atoms with E-state index in [1.54, 1.807) is 0 Å². The highest BCUT2D eigenvalue weighted by Gasteiger charge is 2.13. The van der Waals surface area contributed by atoms with Gasteiger partial charge >= 0.3 is 5.97 Å². The van der Waals surface area contributed by atoms with Crippen molar-refractivity contribution in [2.75, 3.05) is 11.9 Å². The minimum absolute atomic E-state index is 0.0355. The summed E-state index contributed by atoms with van der Waals surface area (Å²) in [6.07, 6.45) is 2.11. The molecule has 0 atom stereocenters. The van der Waals surface area contributed by atoms with Gasteiger partial charge in [0.25, 0.3) is 10.0 Å². The van der Waals surface area contributed by atoms with Crippen LogP contribution in [0.4, 0.5) is 5.69 Å². The van der Waals surface area contributed by atoms with Gasteiger partial charge in [0.2, 0.25) is 11.9 Å². The smallest absolute Gasteiger partial charge is 0.305 e. The Hall–Kier alpha value is -3.51. The molecule has 0 unspecified atom stereocenters. The Balaban J connectivity index is 1.64. The summed E-state index contributed by atoms with van der Waals surface area (Å²) in [5, 5.41) is 5.30. The predicted octanol–water partition coefficient (Wildman–Crippen LogP) is 1.81. The first kappa shape index (κ1) is 26.7. The van der Waals surface area contributed by atoms with Crippen LogP contribution in [0.2, 0.25) is 0 Å². The molecule has 0 heterocycles. The highest BCUT2D eigenvalue weighted by molar-refractivity contribution is 7.90. The monoisotopic (exact) mass is 505 g/mol. The molecule has 0 radical (unpaired) electrons. The summed E-state index contributed by atoms with van der Waals surface area (Å²) in [6.45, 7) is 0.333. The number of aryl methyl sites for hydroxylation is 1. The van der Waals surface area contributed by atoms with Crippen molar-refractivity contribution >= 4 is 50.9 Å². The maximum absolute atomic E-state index is 12.0. The lowest BCUT2D eigenvalue weighted by molar-refractivity contribution is -0.143. The predicted molar refractivity (Wildman–Crippen MR) is 133 cm³/mol. The number of esters is 1. The minimum atomic E-state index is -3.99. The summed E-state index contributed by atoms with van der Waals surface area (Å²) >= 11 is 5.08. The molecule has 0 aromatic heterocycles. The standard InChI is InChI=1S/C22H27N5O5S2/c23-21(24)27-34(30,31)18-13-11-17(12-14-18)25-22(33)26-19(28)9-4-10-20(29)32-15-5-8-16-6-2-1-3-7-16/h1-3,6-7,11-14H,4-5,8-10,15H2,(H4,23,24,27)(H2,25,26,28,33). The molecular formula is C22H27N5O5S2. The van der Waals surface area contributed by atoms with Crippen LogP contribution in [0.3, 0.4) is 0 Å². The molecular weight excluding hydrogens is 478 g/mol. The zero-order valence-corrected chi connectivity index (χ0v) is 20.0. The topological polar surface area (TPSA) is 166 Å². The van der Waals surface area contributed by atoms with Crippen molar-refractivity contribution in [3.63, 3.8) is 0 Å². The Morgan fingerprint density at radius 2 is 1.65 bits per heavy atom. The van der Waals surface area contributed by atoms with Gasteiger partial charge in [-0.25, -0.2) is 0 Å². The van der Waals surface area contributed by atoms with Crippen molar-refractivity contribution in [1.29, 1.82) is 0 Å². The fraction of sp³-hybridized carbons (Fsp3) is 0.273. The second-order valence-electron chi connectivity index (χ2n) is 7.18. The van der Waals surface area contributed by atoms with Crippen LogP contribution in [0.15, 0.2) is 63.9 Å². The quantitative estimate of drug-likeness (QED) is 0.117. The van der Waals surface area contributed by atoms with E-state index in [4.69, 9.17) is 28.4 Å². The Kier molecular flexibility index (Phi) is 10.4. The summed E-state index contributed by atoms with van der Waals surface area (Å²) < 4.78 is 32.2. The first-order valence-corrected chi connectivity index (χ1v) is 12.3. The second kappa shape index (κ2) is 13.3. The van der Waals surface area contributed by atoms with Crippen LogP contribution >= 0.6 is 12.2 Å². The molecule has 0 saturated carbocycles. The summed E-state index contributed by atoms with van der Waals surface area (Å²) in [4.78, 5) is 23.7. The third-order valence-electron chi connectivity index (χ3n) is 4.39. The summed E-state index contributed by atoms with van der Waals surface area (Å²) in [5.41, 5.74) is 11.9. The highest BCUT2D eigenvalue weighted by Crippen LogP contribution is 2.16. The molecule has 0 aliphatic rings. The summed E-state index contributed by atoms with van der Waals surface area (Å²) in [7, 11) is -3.99. The number of rotatable bonds is 11. The van der Waals surface area contributed by atoms with Crippen LogP contribution in [0, 0.1) is 0 Å². The number of hydrogen-bond acceptors (Lipinski definition) is 6. The fourth-order valence-electron chi connectivity index (χ4n) is 2.83. The molecule has 0 saturated heterocycles. The molecule has 2 aromatic rings. The molecule has 2 aromatic carbocycles. The average Bonchev–Trinajstić information content (AvgIpc) is 2.77. The van der Waals surface area contributed by atoms with Crippen molar-refractivity contribution in [3.8, 4) is 0 Å². The normalized spacial score (nSPS) is 10.7. The Bertz CT molecular complexity index is 1120. The van der Waals surface area contributed by atoms with Gasteiger partial charge in [0.1, 0.15) is 0 Å². The Morgan fingerprint density at radius 1 is 0.971 bits per heavy atom. The van der Waals surface area contributed by atoms with E-state index in [0.717, 1.165) is 12.8 Å². The van der Waals surface area contributed by atoms with E-state index in [1.807, 2.05) is 30.3 Å². The number of ether oxygens (including phenoxy) is 1. The van der Waals surface area contributed by atoms with Gasteiger partial charge in [-0.2, -0.15) is 8.42 Å². The molecule has 0 aliphatic heterocycles. The molecule has 34 heavy (non-hydrogen) atoms. The van der Waals surface area contributed by atoms with Gasteiger partial charge < -0.3 is 26.8 Å². The number of carbonyl (C=O) groups is 2. The number of nitrogens with one attached hydrogen (secondary N) is 2. The van der Waals surface area contributed by atoms with Crippen molar-refractivity contribution < 1.29 is 22.7 Å². The molecule has 2 rings (SSSR count). The number of thiocarbonyl (C=S) groups is 1. The number of carbonyl (C=O) groups excluding carboxylic acids is 2. The lowest BCUT2D eigenvalue weighted by Crippen LogP contribution is -2.34. The third-order valence-corrected chi connectivity index (χ3v) is 5.91. The number of nitrogens with zero attached hydrogens (tertiary/aromatic N) is 1. The van der Waals surface area contributed by atoms with Crippen molar-refractivity contribution in [1.82, 2.24) is 5.32 Å². The molecule has 6 N–H and O–H groups in total. The van der Waals surface area contributed by atoms with E-state index in [1.165, 1.54) is 29.8 Å². The van der Waals surface area contributed by atoms with E-state index in [0.29, 0.717) is 18.7 Å². The second-order valence-corrected chi connectivity index (χ2v) is 9.19. The third kappa shape index (κ3) is 9.96. The van der Waals surface area contributed by atoms with E-state index in [-0.39, 0.29) is 34.7 Å². The minimum Gasteiger partial charge on any atom is -0.466 e. The largest absolute Gasteiger partial charge is 0.466 e. The fourth-order valence-corrected chi connectivity index (χ4v) is 3.92. The Labute approximate surface area is 203 Å². The highest BCUT2D eigenvalue weighted by atomic mass is 32.2. The lowest BCUT2D eigenvalue weighted by Gasteiger charge is -2.10. The number of sulfonamides is 1. The molecule has 12 heteroatoms. The van der Waals surface area contributed by atoms with Crippen LogP contribution in [-0.4, -0.2) is 38.0 Å². The molecule has 0 bridgehead atoms. The van der Waals surface area contributed by atoms with Gasteiger partial charge in [0, 0.05) is 18.5 Å². The average molecular weight is 506 g/mol. The van der Waals surface area contributed by atoms with Gasteiger partial charge in [-0.15, -0.1) is 4.40 Å². The molecule has 182 valence electrons. The van der Waals surface area contributed by atoms with Gasteiger partial charge in [-0.05, 0) is 61.3 Å². The van der Waals surface area contributed by atoms with Gasteiger partial charge in [0.15, 0.2) is 5.11 Å². The van der Waals surface area contributed by atoms with E-state index < -0.39 is 16.0 Å². The van der Waals surface area contributed by atoms with Crippen LogP contribution in [0.25, 0.3) is 0 Å². The maximum Gasteiger partial charge on any atom is 0.305 e. The SMILES string of the molecule is NC(N)=NS(=O)(=O)c1ccc(NC(=S)NC(=O)CCCC(=O)OCCCc2ccccc2)cc1. The Morgan fingerprint density at radius 3 is 2.29 bits per heavy atom. The van der Waals surface area contributed by atoms with E-state index in [9.17, 15) is 18.0 Å². The van der Waals surface area contributed by atoms with Crippen molar-refractivity contribution in [2.45, 2.75) is 37.0 Å². The first-order valence-electron chi connectivity index (χ1n) is 10.4. The number of nitrogens with two attached hydrogens (primary N) is 2. The van der Waals surface area contributed by atoms with E-state index >= 15 is 0 Å². The van der Waals surface area contributed by atoms with Crippen molar-refractivity contribution in [2.24, 2.45) is 15.9 Å². The zero-order valence-electron chi connectivity index (χ0n) is 18.4. The first-order chi connectivity index (χ1) is 16.2. The zero-order chi connectivity index (χ0) is 25.0.